The van der Waals surface area contributed by atoms with Crippen LogP contribution in [-0.2, 0) is 6.61 Å². The Balaban J connectivity index is 1.87. The molecule has 96 valence electrons. The normalized spacial score (nSPS) is 10.8. The number of ether oxygens (including phenoxy) is 1. The summed E-state index contributed by atoms with van der Waals surface area (Å²) in [6.45, 7) is 2.57. The van der Waals surface area contributed by atoms with Gasteiger partial charge in [0.25, 0.3) is 0 Å². The van der Waals surface area contributed by atoms with E-state index in [1.807, 2.05) is 25.1 Å². The van der Waals surface area contributed by atoms with Gasteiger partial charge in [0, 0.05) is 10.3 Å². The Labute approximate surface area is 116 Å². The maximum atomic E-state index is 5.95. The van der Waals surface area contributed by atoms with Crippen LogP contribution in [0.1, 0.15) is 11.1 Å². The molecule has 2 aromatic carbocycles. The Morgan fingerprint density at radius 1 is 1.11 bits per heavy atom. The van der Waals surface area contributed by atoms with Gasteiger partial charge in [-0.1, -0.05) is 30.3 Å². The van der Waals surface area contributed by atoms with Gasteiger partial charge < -0.3 is 10.5 Å². The van der Waals surface area contributed by atoms with Crippen LogP contribution < -0.4 is 10.5 Å². The molecule has 0 saturated heterocycles. The Hall–Kier alpha value is -2.00. The van der Waals surface area contributed by atoms with Gasteiger partial charge >= 0.3 is 0 Å². The van der Waals surface area contributed by atoms with Crippen LogP contribution in [0.4, 0.5) is 5.69 Å². The van der Waals surface area contributed by atoms with Crippen molar-refractivity contribution in [2.24, 2.45) is 0 Å². The molecule has 0 atom stereocenters. The number of nitrogen functional groups attached to an aromatic ring is 1. The molecule has 3 aromatic rings. The van der Waals surface area contributed by atoms with Gasteiger partial charge in [-0.25, -0.2) is 0 Å². The van der Waals surface area contributed by atoms with Gasteiger partial charge in [-0.05, 0) is 35.4 Å². The lowest BCUT2D eigenvalue weighted by Gasteiger charge is -2.11. The predicted molar refractivity (Wildman–Crippen MR) is 81.7 cm³/mol. The molecule has 0 amide bonds. The molecule has 19 heavy (non-hydrogen) atoms. The number of aryl methyl sites for hydroxylation is 1. The molecular formula is C16H15NOS. The highest BCUT2D eigenvalue weighted by atomic mass is 32.1. The highest BCUT2D eigenvalue weighted by Gasteiger charge is 2.07. The number of anilines is 1. The van der Waals surface area contributed by atoms with E-state index in [2.05, 4.69) is 29.6 Å². The fourth-order valence-electron chi connectivity index (χ4n) is 2.17. The number of para-hydroxylation sites is 1. The van der Waals surface area contributed by atoms with Crippen LogP contribution in [0.25, 0.3) is 10.1 Å². The van der Waals surface area contributed by atoms with E-state index in [1.165, 1.54) is 15.6 Å². The van der Waals surface area contributed by atoms with Crippen LogP contribution in [0.3, 0.4) is 0 Å². The Morgan fingerprint density at radius 3 is 2.79 bits per heavy atom. The molecule has 1 aromatic heterocycles. The summed E-state index contributed by atoms with van der Waals surface area (Å²) in [6, 6.07) is 14.2. The fourth-order valence-corrected chi connectivity index (χ4v) is 3.11. The van der Waals surface area contributed by atoms with Gasteiger partial charge in [0.15, 0.2) is 0 Å². The number of rotatable bonds is 3. The standard InChI is InChI=1S/C16H15NOS/c1-11-5-4-7-14(17)16(11)18-9-12-10-19-15-8-3-2-6-13(12)15/h2-8,10H,9,17H2,1H3. The third-order valence-electron chi connectivity index (χ3n) is 3.18. The second kappa shape index (κ2) is 4.94. The molecule has 0 aliphatic carbocycles. The van der Waals surface area contributed by atoms with Crippen molar-refractivity contribution in [2.45, 2.75) is 13.5 Å². The first-order valence-corrected chi connectivity index (χ1v) is 7.06. The van der Waals surface area contributed by atoms with Crippen LogP contribution in [0, 0.1) is 6.92 Å². The van der Waals surface area contributed by atoms with Gasteiger partial charge in [-0.3, -0.25) is 0 Å². The number of hydrogen-bond donors (Lipinski definition) is 1. The molecule has 0 bridgehead atoms. The highest BCUT2D eigenvalue weighted by molar-refractivity contribution is 7.17. The van der Waals surface area contributed by atoms with E-state index in [1.54, 1.807) is 11.3 Å². The minimum atomic E-state index is 0.555. The van der Waals surface area contributed by atoms with Gasteiger partial charge in [0.05, 0.1) is 5.69 Å². The zero-order valence-corrected chi connectivity index (χ0v) is 11.5. The molecule has 0 radical (unpaired) electrons. The highest BCUT2D eigenvalue weighted by Crippen LogP contribution is 2.29. The monoisotopic (exact) mass is 269 g/mol. The number of nitrogens with two attached hydrogens (primary N) is 1. The molecule has 1 heterocycles. The summed E-state index contributed by atoms with van der Waals surface area (Å²) in [4.78, 5) is 0. The number of benzene rings is 2. The summed E-state index contributed by atoms with van der Waals surface area (Å²) in [7, 11) is 0. The maximum Gasteiger partial charge on any atom is 0.145 e. The van der Waals surface area contributed by atoms with E-state index in [0.29, 0.717) is 12.3 Å². The summed E-state index contributed by atoms with van der Waals surface area (Å²) in [6.07, 6.45) is 0. The van der Waals surface area contributed by atoms with Crippen LogP contribution in [0.2, 0.25) is 0 Å². The first-order chi connectivity index (χ1) is 9.25. The van der Waals surface area contributed by atoms with Crippen molar-refractivity contribution < 1.29 is 4.74 Å². The van der Waals surface area contributed by atoms with Crippen molar-refractivity contribution in [3.63, 3.8) is 0 Å². The summed E-state index contributed by atoms with van der Waals surface area (Å²) in [5.41, 5.74) is 8.93. The van der Waals surface area contributed by atoms with Crippen molar-refractivity contribution in [1.82, 2.24) is 0 Å². The number of fused-ring (bicyclic) bond motifs is 1. The van der Waals surface area contributed by atoms with Crippen LogP contribution in [0.5, 0.6) is 5.75 Å². The first kappa shape index (κ1) is 12.1. The number of thiophene rings is 1. The van der Waals surface area contributed by atoms with Gasteiger partial charge in [-0.15, -0.1) is 11.3 Å². The number of hydrogen-bond acceptors (Lipinski definition) is 3. The van der Waals surface area contributed by atoms with Gasteiger partial charge in [-0.2, -0.15) is 0 Å². The molecule has 3 heteroatoms. The Kier molecular flexibility index (Phi) is 3.13. The van der Waals surface area contributed by atoms with Crippen molar-refractivity contribution >= 4 is 27.1 Å². The lowest BCUT2D eigenvalue weighted by atomic mass is 10.2. The van der Waals surface area contributed by atoms with Crippen LogP contribution >= 0.6 is 11.3 Å². The largest absolute Gasteiger partial charge is 0.486 e. The van der Waals surface area contributed by atoms with Gasteiger partial charge in [0.1, 0.15) is 12.4 Å². The van der Waals surface area contributed by atoms with Crippen LogP contribution in [0.15, 0.2) is 47.8 Å². The average molecular weight is 269 g/mol. The summed E-state index contributed by atoms with van der Waals surface area (Å²) in [5, 5.41) is 3.42. The van der Waals surface area contributed by atoms with E-state index in [0.717, 1.165) is 11.3 Å². The van der Waals surface area contributed by atoms with E-state index in [4.69, 9.17) is 10.5 Å². The summed E-state index contributed by atoms with van der Waals surface area (Å²) < 4.78 is 7.19. The summed E-state index contributed by atoms with van der Waals surface area (Å²) in [5.74, 6) is 0.790. The second-order valence-corrected chi connectivity index (χ2v) is 5.45. The minimum absolute atomic E-state index is 0.555. The zero-order valence-electron chi connectivity index (χ0n) is 10.7. The zero-order chi connectivity index (χ0) is 13.2. The molecule has 0 aliphatic rings. The first-order valence-electron chi connectivity index (χ1n) is 6.18. The SMILES string of the molecule is Cc1cccc(N)c1OCc1csc2ccccc12. The quantitative estimate of drug-likeness (QED) is 0.716. The fraction of sp³-hybridized carbons (Fsp3) is 0.125. The van der Waals surface area contributed by atoms with Crippen LogP contribution in [-0.4, -0.2) is 0 Å². The smallest absolute Gasteiger partial charge is 0.145 e. The maximum absolute atomic E-state index is 5.95. The lowest BCUT2D eigenvalue weighted by molar-refractivity contribution is 0.308. The van der Waals surface area contributed by atoms with Crippen molar-refractivity contribution in [3.8, 4) is 5.75 Å². The molecule has 0 spiro atoms. The Morgan fingerprint density at radius 2 is 1.95 bits per heavy atom. The lowest BCUT2D eigenvalue weighted by Crippen LogP contribution is -1.99. The van der Waals surface area contributed by atoms with E-state index >= 15 is 0 Å². The Bertz CT molecular complexity index is 697. The molecular weight excluding hydrogens is 254 g/mol. The average Bonchev–Trinajstić information content (AvgIpc) is 2.82. The van der Waals surface area contributed by atoms with E-state index in [-0.39, 0.29) is 0 Å². The van der Waals surface area contributed by atoms with E-state index in [9.17, 15) is 0 Å². The van der Waals surface area contributed by atoms with E-state index < -0.39 is 0 Å². The topological polar surface area (TPSA) is 35.2 Å². The minimum Gasteiger partial charge on any atom is -0.486 e. The van der Waals surface area contributed by atoms with Crippen molar-refractivity contribution in [3.05, 3.63) is 59.0 Å². The van der Waals surface area contributed by atoms with Crippen molar-refractivity contribution in [1.29, 1.82) is 0 Å². The third kappa shape index (κ3) is 2.29. The molecule has 2 N–H and O–H groups in total. The van der Waals surface area contributed by atoms with Gasteiger partial charge in [0.2, 0.25) is 0 Å². The molecule has 3 rings (SSSR count). The molecule has 0 saturated carbocycles. The summed E-state index contributed by atoms with van der Waals surface area (Å²) >= 11 is 1.75. The molecule has 0 unspecified atom stereocenters. The van der Waals surface area contributed by atoms with Crippen molar-refractivity contribution in [2.75, 3.05) is 5.73 Å². The molecule has 0 aliphatic heterocycles. The molecule has 2 nitrogen and oxygen atoms in total. The third-order valence-corrected chi connectivity index (χ3v) is 4.19. The second-order valence-electron chi connectivity index (χ2n) is 4.54. The predicted octanol–water partition coefficient (Wildman–Crippen LogP) is 4.37. The molecule has 0 fully saturated rings.